The molecule has 0 aromatic carbocycles. The number of rotatable bonds is 5. The van der Waals surface area contributed by atoms with Gasteiger partial charge in [-0.3, -0.25) is 14.3 Å². The number of ether oxygens (including phenoxy) is 1. The predicted octanol–water partition coefficient (Wildman–Crippen LogP) is 3.27. The van der Waals surface area contributed by atoms with Crippen LogP contribution in [0, 0.1) is 0 Å². The van der Waals surface area contributed by atoms with E-state index in [-0.39, 0.29) is 23.3 Å². The van der Waals surface area contributed by atoms with Gasteiger partial charge in [0.05, 0.1) is 18.8 Å². The van der Waals surface area contributed by atoms with E-state index in [0.29, 0.717) is 25.4 Å². The quantitative estimate of drug-likeness (QED) is 0.796. The minimum absolute atomic E-state index is 0.0871. The number of carbonyl (C=O) groups is 2. The maximum absolute atomic E-state index is 13.5. The Bertz CT molecular complexity index is 759. The van der Waals surface area contributed by atoms with Crippen molar-refractivity contribution < 1.29 is 14.3 Å². The fraction of sp³-hybridized carbons (Fsp3) is 0.783. The standard InChI is InChI=1S/C23H38N4O3/c1-22(2,3)19-15-18-20(28)26(13-14-30-5)23(4,16-27(18)25-19)21(29)24-17-11-9-7-6-8-10-12-17/h15,17H,6-14,16H2,1-5H3,(H,24,29). The molecule has 1 unspecified atom stereocenters. The van der Waals surface area contributed by atoms with Crippen LogP contribution < -0.4 is 5.32 Å². The van der Waals surface area contributed by atoms with Crippen LogP contribution in [-0.2, 0) is 21.5 Å². The minimum atomic E-state index is -0.994. The van der Waals surface area contributed by atoms with Crippen LogP contribution in [0.4, 0.5) is 0 Å². The van der Waals surface area contributed by atoms with Crippen molar-refractivity contribution in [2.45, 2.75) is 96.2 Å². The lowest BCUT2D eigenvalue weighted by atomic mass is 9.91. The second-order valence-corrected chi connectivity index (χ2v) is 10.1. The Morgan fingerprint density at radius 3 is 2.47 bits per heavy atom. The Morgan fingerprint density at radius 1 is 1.23 bits per heavy atom. The number of hydrogen-bond acceptors (Lipinski definition) is 4. The second kappa shape index (κ2) is 9.08. The highest BCUT2D eigenvalue weighted by atomic mass is 16.5. The monoisotopic (exact) mass is 418 g/mol. The van der Waals surface area contributed by atoms with Gasteiger partial charge in [0.2, 0.25) is 5.91 Å². The zero-order chi connectivity index (χ0) is 21.9. The van der Waals surface area contributed by atoms with Crippen molar-refractivity contribution in [3.05, 3.63) is 17.5 Å². The average molecular weight is 419 g/mol. The number of aromatic nitrogens is 2. The summed E-state index contributed by atoms with van der Waals surface area (Å²) in [5, 5.41) is 7.97. The van der Waals surface area contributed by atoms with Gasteiger partial charge in [-0.15, -0.1) is 0 Å². The number of methoxy groups -OCH3 is 1. The summed E-state index contributed by atoms with van der Waals surface area (Å²) in [5.74, 6) is -0.243. The van der Waals surface area contributed by atoms with E-state index < -0.39 is 5.54 Å². The molecule has 3 rings (SSSR count). The van der Waals surface area contributed by atoms with Crippen molar-refractivity contribution in [2.24, 2.45) is 0 Å². The first-order valence-electron chi connectivity index (χ1n) is 11.4. The summed E-state index contributed by atoms with van der Waals surface area (Å²) >= 11 is 0. The molecule has 2 amide bonds. The van der Waals surface area contributed by atoms with E-state index in [1.54, 1.807) is 16.7 Å². The van der Waals surface area contributed by atoms with Crippen molar-refractivity contribution >= 4 is 11.8 Å². The van der Waals surface area contributed by atoms with E-state index in [1.807, 2.05) is 13.0 Å². The van der Waals surface area contributed by atoms with Crippen LogP contribution in [0.1, 0.15) is 88.8 Å². The van der Waals surface area contributed by atoms with Gasteiger partial charge in [0.25, 0.3) is 5.91 Å². The van der Waals surface area contributed by atoms with E-state index in [4.69, 9.17) is 9.84 Å². The highest BCUT2D eigenvalue weighted by molar-refractivity contribution is 5.99. The number of amides is 2. The molecule has 168 valence electrons. The fourth-order valence-corrected chi connectivity index (χ4v) is 4.48. The van der Waals surface area contributed by atoms with Gasteiger partial charge in [0, 0.05) is 25.1 Å². The summed E-state index contributed by atoms with van der Waals surface area (Å²) < 4.78 is 6.97. The molecular formula is C23H38N4O3. The van der Waals surface area contributed by atoms with Gasteiger partial charge in [-0.25, -0.2) is 0 Å². The number of fused-ring (bicyclic) bond motifs is 1. The molecule has 1 aliphatic carbocycles. The van der Waals surface area contributed by atoms with E-state index in [0.717, 1.165) is 31.4 Å². The summed E-state index contributed by atoms with van der Waals surface area (Å²) in [6, 6.07) is 2.05. The summed E-state index contributed by atoms with van der Waals surface area (Å²) in [5.41, 5.74) is 0.250. The van der Waals surface area contributed by atoms with Crippen molar-refractivity contribution in [3.63, 3.8) is 0 Å². The van der Waals surface area contributed by atoms with Crippen LogP contribution in [0.25, 0.3) is 0 Å². The largest absolute Gasteiger partial charge is 0.383 e. The lowest BCUT2D eigenvalue weighted by molar-refractivity contribution is -0.134. The van der Waals surface area contributed by atoms with Crippen molar-refractivity contribution in [2.75, 3.05) is 20.3 Å². The van der Waals surface area contributed by atoms with E-state index >= 15 is 0 Å². The molecule has 1 aromatic rings. The zero-order valence-corrected chi connectivity index (χ0v) is 19.3. The Hall–Kier alpha value is -1.89. The second-order valence-electron chi connectivity index (χ2n) is 10.1. The van der Waals surface area contributed by atoms with Crippen LogP contribution in [0.2, 0.25) is 0 Å². The lowest BCUT2D eigenvalue weighted by Crippen LogP contribution is -2.65. The molecule has 2 heterocycles. The van der Waals surface area contributed by atoms with Crippen molar-refractivity contribution in [1.82, 2.24) is 20.0 Å². The zero-order valence-electron chi connectivity index (χ0n) is 19.3. The Labute approximate surface area is 180 Å². The maximum atomic E-state index is 13.5. The lowest BCUT2D eigenvalue weighted by Gasteiger charge is -2.43. The Balaban J connectivity index is 1.88. The molecule has 0 bridgehead atoms. The molecule has 0 saturated heterocycles. The number of nitrogens with zero attached hydrogens (tertiary/aromatic N) is 3. The van der Waals surface area contributed by atoms with E-state index in [1.165, 1.54) is 19.3 Å². The van der Waals surface area contributed by atoms with Crippen LogP contribution in [0.3, 0.4) is 0 Å². The molecule has 0 spiro atoms. The van der Waals surface area contributed by atoms with Crippen LogP contribution in [0.5, 0.6) is 0 Å². The maximum Gasteiger partial charge on any atom is 0.273 e. The van der Waals surface area contributed by atoms with Gasteiger partial charge in [-0.2, -0.15) is 5.10 Å². The molecule has 1 N–H and O–H groups in total. The number of hydrogen-bond donors (Lipinski definition) is 1. The molecule has 30 heavy (non-hydrogen) atoms. The topological polar surface area (TPSA) is 76.5 Å². The smallest absolute Gasteiger partial charge is 0.273 e. The van der Waals surface area contributed by atoms with Crippen LogP contribution >= 0.6 is 0 Å². The van der Waals surface area contributed by atoms with Gasteiger partial charge < -0.3 is 15.0 Å². The molecule has 1 aliphatic heterocycles. The van der Waals surface area contributed by atoms with Gasteiger partial charge in [-0.05, 0) is 25.8 Å². The number of nitrogens with one attached hydrogen (secondary N) is 1. The minimum Gasteiger partial charge on any atom is -0.383 e. The molecule has 1 saturated carbocycles. The summed E-state index contributed by atoms with van der Waals surface area (Å²) in [4.78, 5) is 28.6. The normalized spacial score (nSPS) is 23.6. The van der Waals surface area contributed by atoms with Crippen LogP contribution in [0.15, 0.2) is 6.07 Å². The Kier molecular flexibility index (Phi) is 6.90. The highest BCUT2D eigenvalue weighted by Crippen LogP contribution is 2.31. The molecule has 2 aliphatic rings. The first-order chi connectivity index (χ1) is 14.2. The van der Waals surface area contributed by atoms with Crippen LogP contribution in [-0.4, -0.2) is 58.3 Å². The molecule has 0 radical (unpaired) electrons. The third-order valence-electron chi connectivity index (χ3n) is 6.51. The summed E-state index contributed by atoms with van der Waals surface area (Å²) in [6.07, 6.45) is 8.06. The van der Waals surface area contributed by atoms with Crippen molar-refractivity contribution in [3.8, 4) is 0 Å². The third-order valence-corrected chi connectivity index (χ3v) is 6.51. The molecule has 7 nitrogen and oxygen atoms in total. The Morgan fingerprint density at radius 2 is 1.87 bits per heavy atom. The van der Waals surface area contributed by atoms with Gasteiger partial charge in [0.15, 0.2) is 0 Å². The van der Waals surface area contributed by atoms with Crippen molar-refractivity contribution in [1.29, 1.82) is 0 Å². The van der Waals surface area contributed by atoms with E-state index in [9.17, 15) is 9.59 Å². The first kappa shape index (κ1) is 22.8. The molecule has 7 heteroatoms. The van der Waals surface area contributed by atoms with Gasteiger partial charge in [0.1, 0.15) is 11.2 Å². The number of carbonyl (C=O) groups excluding carboxylic acids is 2. The first-order valence-corrected chi connectivity index (χ1v) is 11.4. The highest BCUT2D eigenvalue weighted by Gasteiger charge is 2.48. The molecular weight excluding hydrogens is 380 g/mol. The van der Waals surface area contributed by atoms with Gasteiger partial charge >= 0.3 is 0 Å². The summed E-state index contributed by atoms with van der Waals surface area (Å²) in [6.45, 7) is 9.21. The molecule has 1 fully saturated rings. The molecule has 1 atom stereocenters. The summed E-state index contributed by atoms with van der Waals surface area (Å²) in [7, 11) is 1.61. The third kappa shape index (κ3) is 4.71. The van der Waals surface area contributed by atoms with Gasteiger partial charge in [-0.1, -0.05) is 52.9 Å². The predicted molar refractivity (Wildman–Crippen MR) is 116 cm³/mol. The fourth-order valence-electron chi connectivity index (χ4n) is 4.48. The van der Waals surface area contributed by atoms with E-state index in [2.05, 4.69) is 26.1 Å². The average Bonchev–Trinajstić information content (AvgIpc) is 3.08. The molecule has 1 aromatic heterocycles. The SMILES string of the molecule is COCCN1C(=O)c2cc(C(C)(C)C)nn2CC1(C)C(=O)NC1CCCCCCC1.